The zero-order valence-electron chi connectivity index (χ0n) is 10.8. The van der Waals surface area contributed by atoms with Gasteiger partial charge in [0.05, 0.1) is 5.69 Å². The van der Waals surface area contributed by atoms with Crippen LogP contribution >= 0.6 is 11.3 Å². The van der Waals surface area contributed by atoms with Gasteiger partial charge in [0.2, 0.25) is 0 Å². The van der Waals surface area contributed by atoms with Gasteiger partial charge in [-0.1, -0.05) is 0 Å². The van der Waals surface area contributed by atoms with Crippen molar-refractivity contribution in [3.63, 3.8) is 0 Å². The average molecular weight is 266 g/mol. The zero-order valence-corrected chi connectivity index (χ0v) is 11.7. The molecule has 0 radical (unpaired) electrons. The van der Waals surface area contributed by atoms with Crippen molar-refractivity contribution in [2.45, 2.75) is 38.4 Å². The minimum Gasteiger partial charge on any atom is -0.325 e. The molecule has 3 heterocycles. The SMILES string of the molecule is NCc1nc(CN2CCCN3CCCC3C2)cs1. The molecule has 1 atom stereocenters. The molecular weight excluding hydrogens is 244 g/mol. The monoisotopic (exact) mass is 266 g/mol. The molecule has 1 aromatic heterocycles. The van der Waals surface area contributed by atoms with Gasteiger partial charge in [-0.05, 0) is 38.9 Å². The largest absolute Gasteiger partial charge is 0.325 e. The molecule has 1 aromatic rings. The van der Waals surface area contributed by atoms with Crippen molar-refractivity contribution in [1.82, 2.24) is 14.8 Å². The minimum absolute atomic E-state index is 0.571. The van der Waals surface area contributed by atoms with E-state index in [9.17, 15) is 0 Å². The highest BCUT2D eigenvalue weighted by Gasteiger charge is 2.28. The Morgan fingerprint density at radius 2 is 2.22 bits per heavy atom. The molecule has 1 unspecified atom stereocenters. The summed E-state index contributed by atoms with van der Waals surface area (Å²) in [6.07, 6.45) is 4.05. The molecule has 2 fully saturated rings. The molecule has 0 saturated carbocycles. The zero-order chi connectivity index (χ0) is 12.4. The predicted molar refractivity (Wildman–Crippen MR) is 74.5 cm³/mol. The van der Waals surface area contributed by atoms with Crippen molar-refractivity contribution < 1.29 is 0 Å². The highest BCUT2D eigenvalue weighted by atomic mass is 32.1. The van der Waals surface area contributed by atoms with E-state index in [0.29, 0.717) is 6.54 Å². The van der Waals surface area contributed by atoms with Crippen molar-refractivity contribution in [1.29, 1.82) is 0 Å². The maximum Gasteiger partial charge on any atom is 0.106 e. The fourth-order valence-electron chi connectivity index (χ4n) is 3.17. The molecule has 2 saturated heterocycles. The molecule has 5 heteroatoms. The fraction of sp³-hybridized carbons (Fsp3) is 0.769. The van der Waals surface area contributed by atoms with Crippen LogP contribution in [0.4, 0.5) is 0 Å². The lowest BCUT2D eigenvalue weighted by atomic mass is 10.2. The minimum atomic E-state index is 0.571. The third kappa shape index (κ3) is 2.74. The van der Waals surface area contributed by atoms with Gasteiger partial charge in [0.15, 0.2) is 0 Å². The lowest BCUT2D eigenvalue weighted by Crippen LogP contribution is -2.36. The second-order valence-corrected chi connectivity index (χ2v) is 6.30. The first-order valence-corrected chi connectivity index (χ1v) is 7.83. The van der Waals surface area contributed by atoms with Crippen LogP contribution in [0.25, 0.3) is 0 Å². The van der Waals surface area contributed by atoms with Gasteiger partial charge in [-0.15, -0.1) is 11.3 Å². The van der Waals surface area contributed by atoms with E-state index in [1.807, 2.05) is 0 Å². The Kier molecular flexibility index (Phi) is 3.94. The van der Waals surface area contributed by atoms with Crippen molar-refractivity contribution in [3.05, 3.63) is 16.1 Å². The van der Waals surface area contributed by atoms with Gasteiger partial charge in [-0.2, -0.15) is 0 Å². The summed E-state index contributed by atoms with van der Waals surface area (Å²) >= 11 is 1.69. The quantitative estimate of drug-likeness (QED) is 0.895. The fourth-order valence-corrected chi connectivity index (χ4v) is 3.84. The van der Waals surface area contributed by atoms with Gasteiger partial charge in [0, 0.05) is 31.1 Å². The molecular formula is C13H22N4S. The highest BCUT2D eigenvalue weighted by molar-refractivity contribution is 7.09. The summed E-state index contributed by atoms with van der Waals surface area (Å²) in [4.78, 5) is 9.82. The summed E-state index contributed by atoms with van der Waals surface area (Å²) in [6, 6.07) is 0.792. The van der Waals surface area contributed by atoms with E-state index in [-0.39, 0.29) is 0 Å². The highest BCUT2D eigenvalue weighted by Crippen LogP contribution is 2.22. The van der Waals surface area contributed by atoms with Crippen LogP contribution in [0, 0.1) is 0 Å². The Morgan fingerprint density at radius 3 is 3.06 bits per heavy atom. The molecule has 0 aromatic carbocycles. The van der Waals surface area contributed by atoms with Gasteiger partial charge < -0.3 is 5.73 Å². The second kappa shape index (κ2) is 5.65. The molecule has 2 aliphatic rings. The Hall–Kier alpha value is -0.490. The lowest BCUT2D eigenvalue weighted by molar-refractivity contribution is 0.214. The predicted octanol–water partition coefficient (Wildman–Crippen LogP) is 1.27. The molecule has 0 spiro atoms. The maximum absolute atomic E-state index is 5.62. The molecule has 0 aliphatic carbocycles. The molecule has 2 N–H and O–H groups in total. The third-order valence-corrected chi connectivity index (χ3v) is 4.97. The van der Waals surface area contributed by atoms with Crippen molar-refractivity contribution >= 4 is 11.3 Å². The summed E-state index contributed by atoms with van der Waals surface area (Å²) in [6.45, 7) is 6.60. The number of fused-ring (bicyclic) bond motifs is 1. The van der Waals surface area contributed by atoms with Crippen LogP contribution in [0.1, 0.15) is 30.0 Å². The smallest absolute Gasteiger partial charge is 0.106 e. The Morgan fingerprint density at radius 1 is 1.33 bits per heavy atom. The van der Waals surface area contributed by atoms with Crippen LogP contribution < -0.4 is 5.73 Å². The molecule has 3 rings (SSSR count). The second-order valence-electron chi connectivity index (χ2n) is 5.36. The number of thiazole rings is 1. The van der Waals surface area contributed by atoms with Crippen LogP contribution in [0.5, 0.6) is 0 Å². The van der Waals surface area contributed by atoms with Crippen LogP contribution in [-0.2, 0) is 13.1 Å². The number of rotatable bonds is 3. The van der Waals surface area contributed by atoms with E-state index in [1.54, 1.807) is 11.3 Å². The van der Waals surface area contributed by atoms with E-state index in [2.05, 4.69) is 20.2 Å². The van der Waals surface area contributed by atoms with Gasteiger partial charge in [-0.25, -0.2) is 4.98 Å². The van der Waals surface area contributed by atoms with Gasteiger partial charge in [0.1, 0.15) is 5.01 Å². The van der Waals surface area contributed by atoms with E-state index >= 15 is 0 Å². The van der Waals surface area contributed by atoms with Crippen LogP contribution in [0.2, 0.25) is 0 Å². The number of nitrogens with two attached hydrogens (primary N) is 1. The Balaban J connectivity index is 1.61. The van der Waals surface area contributed by atoms with Crippen LogP contribution in [-0.4, -0.2) is 47.0 Å². The van der Waals surface area contributed by atoms with Gasteiger partial charge in [-0.3, -0.25) is 9.80 Å². The topological polar surface area (TPSA) is 45.4 Å². The van der Waals surface area contributed by atoms with Crippen molar-refractivity contribution in [3.8, 4) is 0 Å². The molecule has 18 heavy (non-hydrogen) atoms. The van der Waals surface area contributed by atoms with E-state index < -0.39 is 0 Å². The summed E-state index contributed by atoms with van der Waals surface area (Å²) in [5.41, 5.74) is 6.82. The number of aromatic nitrogens is 1. The lowest BCUT2D eigenvalue weighted by Gasteiger charge is -2.24. The third-order valence-electron chi connectivity index (χ3n) is 4.05. The summed E-state index contributed by atoms with van der Waals surface area (Å²) in [5, 5.41) is 3.22. The molecule has 0 amide bonds. The molecule has 4 nitrogen and oxygen atoms in total. The van der Waals surface area contributed by atoms with Crippen LogP contribution in [0.15, 0.2) is 5.38 Å². The van der Waals surface area contributed by atoms with Gasteiger partial charge >= 0.3 is 0 Å². The first-order chi connectivity index (χ1) is 8.85. The van der Waals surface area contributed by atoms with Gasteiger partial charge in [0.25, 0.3) is 0 Å². The normalized spacial score (nSPS) is 26.2. The number of nitrogens with zero attached hydrogens (tertiary/aromatic N) is 3. The van der Waals surface area contributed by atoms with E-state index in [1.165, 1.54) is 51.1 Å². The number of hydrogen-bond donors (Lipinski definition) is 1. The van der Waals surface area contributed by atoms with Crippen molar-refractivity contribution in [2.24, 2.45) is 5.73 Å². The first-order valence-electron chi connectivity index (χ1n) is 6.95. The Labute approximate surface area is 113 Å². The molecule has 100 valence electrons. The van der Waals surface area contributed by atoms with E-state index in [0.717, 1.165) is 17.6 Å². The van der Waals surface area contributed by atoms with Crippen LogP contribution in [0.3, 0.4) is 0 Å². The summed E-state index contributed by atoms with van der Waals surface area (Å²) in [7, 11) is 0. The summed E-state index contributed by atoms with van der Waals surface area (Å²) in [5.74, 6) is 0. The molecule has 2 aliphatic heterocycles. The first kappa shape index (κ1) is 12.5. The summed E-state index contributed by atoms with van der Waals surface area (Å²) < 4.78 is 0. The maximum atomic E-state index is 5.62. The van der Waals surface area contributed by atoms with Crippen molar-refractivity contribution in [2.75, 3.05) is 26.2 Å². The number of hydrogen-bond acceptors (Lipinski definition) is 5. The van der Waals surface area contributed by atoms with E-state index in [4.69, 9.17) is 5.73 Å². The Bertz CT molecular complexity index is 392. The molecule has 0 bridgehead atoms. The standard InChI is InChI=1S/C13H22N4S/c14-7-13-15-11(10-18-13)8-16-4-2-6-17-5-1-3-12(17)9-16/h10,12H,1-9,14H2. The average Bonchev–Trinajstić information content (AvgIpc) is 2.96.